The summed E-state index contributed by atoms with van der Waals surface area (Å²) in [6.07, 6.45) is 12.0. The molecule has 0 radical (unpaired) electrons. The van der Waals surface area contributed by atoms with Crippen LogP contribution < -0.4 is 5.73 Å². The Balaban J connectivity index is 2.06. The lowest BCUT2D eigenvalue weighted by Gasteiger charge is -2.09. The molecule has 0 amide bonds. The highest BCUT2D eigenvalue weighted by atomic mass is 79.9. The minimum Gasteiger partial charge on any atom is -0.323 e. The molecule has 1 aromatic rings. The second-order valence-corrected chi connectivity index (χ2v) is 8.40. The van der Waals surface area contributed by atoms with Gasteiger partial charge in [0.1, 0.15) is 0 Å². The number of nitrogens with two attached hydrogens (primary N) is 1. The molecule has 1 nitrogen and oxygen atoms in total. The lowest BCUT2D eigenvalue weighted by molar-refractivity contribution is 0.539. The topological polar surface area (TPSA) is 26.0 Å². The summed E-state index contributed by atoms with van der Waals surface area (Å²) in [5, 5.41) is 0. The summed E-state index contributed by atoms with van der Waals surface area (Å²) in [5.41, 5.74) is 6.23. The fourth-order valence-corrected chi connectivity index (χ4v) is 4.31. The van der Waals surface area contributed by atoms with Crippen LogP contribution in [0.15, 0.2) is 14.3 Å². The molecule has 0 aliphatic carbocycles. The predicted molar refractivity (Wildman–Crippen MR) is 93.9 cm³/mol. The van der Waals surface area contributed by atoms with Crippen LogP contribution in [0.4, 0.5) is 0 Å². The molecule has 1 heterocycles. The van der Waals surface area contributed by atoms with Gasteiger partial charge in [-0.1, -0.05) is 58.3 Å². The van der Waals surface area contributed by atoms with Crippen LogP contribution in [0.5, 0.6) is 0 Å². The highest BCUT2D eigenvalue weighted by Crippen LogP contribution is 2.36. The first kappa shape index (κ1) is 17.7. The second-order valence-electron chi connectivity index (χ2n) is 5.14. The zero-order valence-electron chi connectivity index (χ0n) is 11.8. The highest BCUT2D eigenvalue weighted by Gasteiger charge is 2.11. The number of rotatable bonds is 10. The molecular weight excluding hydrogens is 386 g/mol. The van der Waals surface area contributed by atoms with Gasteiger partial charge in [-0.05, 0) is 44.3 Å². The summed E-state index contributed by atoms with van der Waals surface area (Å²) in [7, 11) is 0. The minimum atomic E-state index is 0.202. The normalized spacial score (nSPS) is 12.8. The number of unbranched alkanes of at least 4 members (excludes halogenated alkanes) is 7. The van der Waals surface area contributed by atoms with Gasteiger partial charge in [0.25, 0.3) is 0 Å². The molecule has 0 saturated heterocycles. The third kappa shape index (κ3) is 7.26. The molecule has 1 unspecified atom stereocenters. The average molecular weight is 411 g/mol. The standard InChI is InChI=1S/C15H25Br2NS/c1-2-3-4-5-6-7-8-9-10-13(18)14-11-12(16)15(17)19-14/h11,13H,2-10,18H2,1H3. The Morgan fingerprint density at radius 2 is 1.63 bits per heavy atom. The maximum Gasteiger partial charge on any atom is 0.0843 e. The number of hydrogen-bond donors (Lipinski definition) is 1. The van der Waals surface area contributed by atoms with E-state index in [1.54, 1.807) is 11.3 Å². The largest absolute Gasteiger partial charge is 0.323 e. The summed E-state index contributed by atoms with van der Waals surface area (Å²) >= 11 is 8.78. The molecule has 0 bridgehead atoms. The van der Waals surface area contributed by atoms with Gasteiger partial charge in [0.15, 0.2) is 0 Å². The fourth-order valence-electron chi connectivity index (χ4n) is 2.19. The lowest BCUT2D eigenvalue weighted by Crippen LogP contribution is -2.08. The monoisotopic (exact) mass is 409 g/mol. The summed E-state index contributed by atoms with van der Waals surface area (Å²) in [4.78, 5) is 1.28. The van der Waals surface area contributed by atoms with Crippen molar-refractivity contribution in [1.29, 1.82) is 0 Å². The van der Waals surface area contributed by atoms with E-state index in [2.05, 4.69) is 44.8 Å². The Morgan fingerprint density at radius 1 is 1.05 bits per heavy atom. The Labute approximate surface area is 138 Å². The first-order chi connectivity index (χ1) is 9.15. The Hall–Kier alpha value is 0.620. The summed E-state index contributed by atoms with van der Waals surface area (Å²) in [6, 6.07) is 2.34. The molecule has 0 aliphatic rings. The summed E-state index contributed by atoms with van der Waals surface area (Å²) in [5.74, 6) is 0. The minimum absolute atomic E-state index is 0.202. The van der Waals surface area contributed by atoms with Crippen molar-refractivity contribution in [2.45, 2.75) is 70.8 Å². The van der Waals surface area contributed by atoms with Crippen molar-refractivity contribution in [3.05, 3.63) is 19.2 Å². The van der Waals surface area contributed by atoms with Crippen molar-refractivity contribution >= 4 is 43.2 Å². The SMILES string of the molecule is CCCCCCCCCCC(N)c1cc(Br)c(Br)s1. The van der Waals surface area contributed by atoms with Crippen LogP contribution in [0.1, 0.15) is 75.6 Å². The zero-order valence-corrected chi connectivity index (χ0v) is 15.7. The van der Waals surface area contributed by atoms with Crippen LogP contribution in [-0.2, 0) is 0 Å². The third-order valence-corrected chi connectivity index (χ3v) is 6.79. The quantitative estimate of drug-likeness (QED) is 0.421. The van der Waals surface area contributed by atoms with E-state index in [9.17, 15) is 0 Å². The van der Waals surface area contributed by atoms with Gasteiger partial charge in [-0.15, -0.1) is 11.3 Å². The molecule has 0 saturated carbocycles. The van der Waals surface area contributed by atoms with E-state index in [1.807, 2.05) is 0 Å². The Morgan fingerprint density at radius 3 is 2.16 bits per heavy atom. The molecule has 19 heavy (non-hydrogen) atoms. The molecule has 0 aromatic carbocycles. The van der Waals surface area contributed by atoms with Crippen molar-refractivity contribution in [3.8, 4) is 0 Å². The van der Waals surface area contributed by atoms with E-state index in [-0.39, 0.29) is 6.04 Å². The van der Waals surface area contributed by atoms with Crippen LogP contribution in [0, 0.1) is 0 Å². The number of hydrogen-bond acceptors (Lipinski definition) is 2. The Kier molecular flexibility index (Phi) is 9.64. The van der Waals surface area contributed by atoms with E-state index in [0.717, 1.165) is 14.7 Å². The van der Waals surface area contributed by atoms with Crippen LogP contribution >= 0.6 is 43.2 Å². The second kappa shape index (κ2) is 10.4. The zero-order chi connectivity index (χ0) is 14.1. The van der Waals surface area contributed by atoms with Crippen molar-refractivity contribution < 1.29 is 0 Å². The van der Waals surface area contributed by atoms with Crippen LogP contribution in [-0.4, -0.2) is 0 Å². The molecule has 2 N–H and O–H groups in total. The average Bonchev–Trinajstić information content (AvgIpc) is 2.73. The summed E-state index contributed by atoms with van der Waals surface area (Å²) in [6.45, 7) is 2.27. The third-order valence-electron chi connectivity index (χ3n) is 3.40. The van der Waals surface area contributed by atoms with Crippen molar-refractivity contribution in [3.63, 3.8) is 0 Å². The molecule has 1 rings (SSSR count). The van der Waals surface area contributed by atoms with Crippen molar-refractivity contribution in [2.75, 3.05) is 0 Å². The van der Waals surface area contributed by atoms with Crippen molar-refractivity contribution in [2.24, 2.45) is 5.73 Å². The highest BCUT2D eigenvalue weighted by molar-refractivity contribution is 9.13. The van der Waals surface area contributed by atoms with E-state index in [0.29, 0.717) is 0 Å². The molecular formula is C15H25Br2NS. The van der Waals surface area contributed by atoms with E-state index >= 15 is 0 Å². The number of halogens is 2. The predicted octanol–water partition coefficient (Wildman–Crippen LogP) is 6.80. The lowest BCUT2D eigenvalue weighted by atomic mass is 10.0. The molecule has 0 fully saturated rings. The van der Waals surface area contributed by atoms with Gasteiger partial charge in [0.05, 0.1) is 3.79 Å². The van der Waals surface area contributed by atoms with Gasteiger partial charge in [-0.3, -0.25) is 0 Å². The maximum atomic E-state index is 6.23. The van der Waals surface area contributed by atoms with Crippen LogP contribution in [0.3, 0.4) is 0 Å². The van der Waals surface area contributed by atoms with Gasteiger partial charge in [0, 0.05) is 15.4 Å². The molecule has 1 aromatic heterocycles. The first-order valence-corrected chi connectivity index (χ1v) is 9.75. The fraction of sp³-hybridized carbons (Fsp3) is 0.733. The van der Waals surface area contributed by atoms with E-state index < -0.39 is 0 Å². The summed E-state index contributed by atoms with van der Waals surface area (Å²) < 4.78 is 2.27. The van der Waals surface area contributed by atoms with Crippen LogP contribution in [0.2, 0.25) is 0 Å². The van der Waals surface area contributed by atoms with Gasteiger partial charge >= 0.3 is 0 Å². The smallest absolute Gasteiger partial charge is 0.0843 e. The number of thiophene rings is 1. The molecule has 4 heteroatoms. The molecule has 0 aliphatic heterocycles. The molecule has 1 atom stereocenters. The first-order valence-electron chi connectivity index (χ1n) is 7.35. The van der Waals surface area contributed by atoms with Gasteiger partial charge in [-0.2, -0.15) is 0 Å². The van der Waals surface area contributed by atoms with Crippen molar-refractivity contribution in [1.82, 2.24) is 0 Å². The molecule has 110 valence electrons. The van der Waals surface area contributed by atoms with E-state index in [4.69, 9.17) is 5.73 Å². The van der Waals surface area contributed by atoms with E-state index in [1.165, 1.54) is 56.2 Å². The van der Waals surface area contributed by atoms with Gasteiger partial charge in [-0.25, -0.2) is 0 Å². The maximum absolute atomic E-state index is 6.23. The molecule has 0 spiro atoms. The van der Waals surface area contributed by atoms with Gasteiger partial charge < -0.3 is 5.73 Å². The van der Waals surface area contributed by atoms with Crippen LogP contribution in [0.25, 0.3) is 0 Å². The van der Waals surface area contributed by atoms with Gasteiger partial charge in [0.2, 0.25) is 0 Å². The Bertz CT molecular complexity index is 332.